The van der Waals surface area contributed by atoms with Crippen molar-refractivity contribution in [1.29, 1.82) is 0 Å². The first-order valence-electron chi connectivity index (χ1n) is 8.64. The van der Waals surface area contributed by atoms with Crippen LogP contribution >= 0.6 is 11.8 Å². The van der Waals surface area contributed by atoms with Gasteiger partial charge >= 0.3 is 12.1 Å². The van der Waals surface area contributed by atoms with E-state index in [-0.39, 0.29) is 24.8 Å². The molecule has 0 radical (unpaired) electrons. The lowest BCUT2D eigenvalue weighted by molar-refractivity contribution is -0.139. The van der Waals surface area contributed by atoms with Crippen molar-refractivity contribution in [1.82, 2.24) is 5.32 Å². The molecule has 0 aromatic heterocycles. The van der Waals surface area contributed by atoms with E-state index in [9.17, 15) is 22.8 Å². The molecule has 0 aliphatic carbocycles. The van der Waals surface area contributed by atoms with Gasteiger partial charge in [0, 0.05) is 4.90 Å². The van der Waals surface area contributed by atoms with E-state index in [0.717, 1.165) is 12.1 Å². The van der Waals surface area contributed by atoms with Crippen molar-refractivity contribution in [2.24, 2.45) is 0 Å². The maximum Gasteiger partial charge on any atom is 0.416 e. The quantitative estimate of drug-likeness (QED) is 0.389. The van der Waals surface area contributed by atoms with Crippen molar-refractivity contribution in [3.8, 4) is 5.75 Å². The van der Waals surface area contributed by atoms with E-state index >= 15 is 0 Å². The zero-order valence-corrected chi connectivity index (χ0v) is 16.6. The van der Waals surface area contributed by atoms with Gasteiger partial charge in [0.25, 0.3) is 5.91 Å². The number of nitrogens with one attached hydrogen (secondary N) is 1. The Morgan fingerprint density at radius 1 is 1.10 bits per heavy atom. The highest BCUT2D eigenvalue weighted by atomic mass is 32.2. The maximum absolute atomic E-state index is 12.5. The number of rotatable bonds is 8. The molecule has 0 saturated heterocycles. The fourth-order valence-electron chi connectivity index (χ4n) is 2.33. The summed E-state index contributed by atoms with van der Waals surface area (Å²) in [5.74, 6) is -0.466. The van der Waals surface area contributed by atoms with Crippen LogP contribution in [0.25, 0.3) is 0 Å². The van der Waals surface area contributed by atoms with Crippen molar-refractivity contribution in [3.05, 3.63) is 59.7 Å². The van der Waals surface area contributed by atoms with Gasteiger partial charge < -0.3 is 14.8 Å². The highest BCUT2D eigenvalue weighted by molar-refractivity contribution is 8.00. The molecule has 0 aliphatic heterocycles. The smallest absolute Gasteiger partial charge is 0.416 e. The SMILES string of the molecule is COC(=O)C(C)Sc1ccccc1C(=O)NCCOc1ccc(C(F)(F)F)cc1. The molecule has 1 N–H and O–H groups in total. The first-order valence-corrected chi connectivity index (χ1v) is 9.52. The molecule has 2 rings (SSSR count). The van der Waals surface area contributed by atoms with Crippen LogP contribution in [0.15, 0.2) is 53.4 Å². The number of halogens is 3. The van der Waals surface area contributed by atoms with E-state index in [1.165, 1.54) is 31.0 Å². The fourth-order valence-corrected chi connectivity index (χ4v) is 3.35. The van der Waals surface area contributed by atoms with Gasteiger partial charge in [0.05, 0.1) is 24.8 Å². The Hall–Kier alpha value is -2.68. The minimum absolute atomic E-state index is 0.0883. The topological polar surface area (TPSA) is 64.6 Å². The monoisotopic (exact) mass is 427 g/mol. The minimum Gasteiger partial charge on any atom is -0.492 e. The second-order valence-electron chi connectivity index (χ2n) is 5.91. The van der Waals surface area contributed by atoms with Crippen molar-refractivity contribution in [2.45, 2.75) is 23.2 Å². The van der Waals surface area contributed by atoms with Crippen LogP contribution in [0.2, 0.25) is 0 Å². The molecule has 0 saturated carbocycles. The fraction of sp³-hybridized carbons (Fsp3) is 0.300. The van der Waals surface area contributed by atoms with Crippen molar-refractivity contribution in [2.75, 3.05) is 20.3 Å². The van der Waals surface area contributed by atoms with Gasteiger partial charge in [-0.3, -0.25) is 9.59 Å². The van der Waals surface area contributed by atoms with Crippen LogP contribution in [-0.2, 0) is 15.7 Å². The highest BCUT2D eigenvalue weighted by Gasteiger charge is 2.30. The van der Waals surface area contributed by atoms with Crippen LogP contribution in [0.3, 0.4) is 0 Å². The number of hydrogen-bond donors (Lipinski definition) is 1. The average Bonchev–Trinajstić information content (AvgIpc) is 2.70. The van der Waals surface area contributed by atoms with E-state index in [0.29, 0.717) is 10.5 Å². The van der Waals surface area contributed by atoms with Crippen molar-refractivity contribution >= 4 is 23.6 Å². The van der Waals surface area contributed by atoms with Gasteiger partial charge in [-0.2, -0.15) is 13.2 Å². The molecule has 0 spiro atoms. The summed E-state index contributed by atoms with van der Waals surface area (Å²) in [7, 11) is 1.30. The number of carbonyl (C=O) groups excluding carboxylic acids is 2. The molecule has 2 aromatic carbocycles. The molecular formula is C20H20F3NO4S. The Morgan fingerprint density at radius 2 is 1.76 bits per heavy atom. The normalized spacial score (nSPS) is 12.2. The van der Waals surface area contributed by atoms with Gasteiger partial charge in [-0.05, 0) is 43.3 Å². The molecule has 1 unspecified atom stereocenters. The highest BCUT2D eigenvalue weighted by Crippen LogP contribution is 2.30. The molecule has 0 aliphatic rings. The molecule has 0 fully saturated rings. The summed E-state index contributed by atoms with van der Waals surface area (Å²) < 4.78 is 47.7. The Bertz CT molecular complexity index is 840. The van der Waals surface area contributed by atoms with Gasteiger partial charge in [0.2, 0.25) is 0 Å². The number of benzene rings is 2. The molecule has 2 aromatic rings. The van der Waals surface area contributed by atoms with Crippen molar-refractivity contribution in [3.63, 3.8) is 0 Å². The average molecular weight is 427 g/mol. The van der Waals surface area contributed by atoms with Crippen LogP contribution in [0.1, 0.15) is 22.8 Å². The molecule has 1 amide bonds. The molecule has 29 heavy (non-hydrogen) atoms. The van der Waals surface area contributed by atoms with Gasteiger partial charge in [-0.15, -0.1) is 11.8 Å². The summed E-state index contributed by atoms with van der Waals surface area (Å²) >= 11 is 1.21. The Balaban J connectivity index is 1.87. The zero-order chi connectivity index (χ0) is 21.4. The first kappa shape index (κ1) is 22.6. The Morgan fingerprint density at radius 3 is 2.38 bits per heavy atom. The van der Waals surface area contributed by atoms with Crippen LogP contribution in [0.5, 0.6) is 5.75 Å². The molecule has 9 heteroatoms. The summed E-state index contributed by atoms with van der Waals surface area (Å²) in [5, 5.41) is 2.21. The van der Waals surface area contributed by atoms with Crippen LogP contribution in [0, 0.1) is 0 Å². The number of thioether (sulfide) groups is 1. The maximum atomic E-state index is 12.5. The lowest BCUT2D eigenvalue weighted by Crippen LogP contribution is -2.28. The van der Waals surface area contributed by atoms with Gasteiger partial charge in [-0.25, -0.2) is 0 Å². The lowest BCUT2D eigenvalue weighted by Gasteiger charge is -2.13. The van der Waals surface area contributed by atoms with Gasteiger partial charge in [-0.1, -0.05) is 12.1 Å². The molecule has 1 atom stereocenters. The summed E-state index contributed by atoms with van der Waals surface area (Å²) in [5.41, 5.74) is -0.351. The lowest BCUT2D eigenvalue weighted by atomic mass is 10.2. The molecule has 0 heterocycles. The minimum atomic E-state index is -4.40. The van der Waals surface area contributed by atoms with E-state index in [1.807, 2.05) is 0 Å². The van der Waals surface area contributed by atoms with Crippen LogP contribution < -0.4 is 10.1 Å². The molecule has 156 valence electrons. The molecule has 5 nitrogen and oxygen atoms in total. The zero-order valence-electron chi connectivity index (χ0n) is 15.8. The summed E-state index contributed by atoms with van der Waals surface area (Å²) in [6.07, 6.45) is -4.40. The second kappa shape index (κ2) is 10.2. The standard InChI is InChI=1S/C20H20F3NO4S/c1-13(19(26)27-2)29-17-6-4-3-5-16(17)18(25)24-11-12-28-15-9-7-14(8-10-15)20(21,22)23/h3-10,13H,11-12H2,1-2H3,(H,24,25). The summed E-state index contributed by atoms with van der Waals surface area (Å²) in [6, 6.07) is 11.2. The van der Waals surface area contributed by atoms with Crippen molar-refractivity contribution < 1.29 is 32.2 Å². The number of alkyl halides is 3. The second-order valence-corrected chi connectivity index (χ2v) is 7.29. The van der Waals surface area contributed by atoms with Crippen LogP contribution in [-0.4, -0.2) is 37.4 Å². The number of amides is 1. The number of methoxy groups -OCH3 is 1. The molecule has 0 bridgehead atoms. The third kappa shape index (κ3) is 6.70. The Labute approximate surface area is 170 Å². The number of carbonyl (C=O) groups is 2. The van der Waals surface area contributed by atoms with E-state index in [2.05, 4.69) is 5.32 Å². The van der Waals surface area contributed by atoms with E-state index in [1.54, 1.807) is 31.2 Å². The number of hydrogen-bond acceptors (Lipinski definition) is 5. The number of esters is 1. The van der Waals surface area contributed by atoms with Crippen LogP contribution in [0.4, 0.5) is 13.2 Å². The Kier molecular flexibility index (Phi) is 7.95. The number of ether oxygens (including phenoxy) is 2. The summed E-state index contributed by atoms with van der Waals surface area (Å²) in [4.78, 5) is 24.7. The molecular weight excluding hydrogens is 407 g/mol. The predicted molar refractivity (Wildman–Crippen MR) is 103 cm³/mol. The van der Waals surface area contributed by atoms with Gasteiger partial charge in [0.15, 0.2) is 0 Å². The van der Waals surface area contributed by atoms with Gasteiger partial charge in [0.1, 0.15) is 17.6 Å². The first-order chi connectivity index (χ1) is 13.7. The summed E-state index contributed by atoms with van der Waals surface area (Å²) in [6.45, 7) is 1.93. The van der Waals surface area contributed by atoms with E-state index < -0.39 is 23.0 Å². The van der Waals surface area contributed by atoms with E-state index in [4.69, 9.17) is 9.47 Å². The predicted octanol–water partition coefficient (Wildman–Crippen LogP) is 4.17. The largest absolute Gasteiger partial charge is 0.492 e. The third-order valence-corrected chi connectivity index (χ3v) is 4.96. The third-order valence-electron chi connectivity index (χ3n) is 3.81.